The van der Waals surface area contributed by atoms with E-state index >= 15 is 0 Å². The predicted octanol–water partition coefficient (Wildman–Crippen LogP) is -0.795. The third-order valence-electron chi connectivity index (χ3n) is 0.805. The first kappa shape index (κ1) is 6.94. The van der Waals surface area contributed by atoms with Gasteiger partial charge in [0.15, 0.2) is 0 Å². The average molecular weight is 154 g/mol. The lowest BCUT2D eigenvalue weighted by atomic mass is 10.5. The smallest absolute Gasteiger partial charge is 0.371 e. The highest BCUT2D eigenvalue weighted by Gasteiger charge is 2.24. The van der Waals surface area contributed by atoms with Gasteiger partial charge in [0.2, 0.25) is 0 Å². The molecule has 0 spiro atoms. The van der Waals surface area contributed by atoms with Crippen LogP contribution in [0.1, 0.15) is 0 Å². The molecule has 1 N–H and O–H groups in total. The van der Waals surface area contributed by atoms with Gasteiger partial charge in [-0.2, -0.15) is 8.42 Å². The molecule has 1 fully saturated rings. The number of hydrogen-bond donors (Lipinski definition) is 1. The summed E-state index contributed by atoms with van der Waals surface area (Å²) in [5.74, 6) is 0. The molecule has 6 heteroatoms. The fourth-order valence-electron chi connectivity index (χ4n) is 0.326. The summed E-state index contributed by atoms with van der Waals surface area (Å²) in [7, 11) is -4.26. The Kier molecular flexibility index (Phi) is 1.71. The molecule has 54 valence electrons. The van der Waals surface area contributed by atoms with Crippen molar-refractivity contribution < 1.29 is 21.9 Å². The number of epoxide rings is 1. The summed E-state index contributed by atoms with van der Waals surface area (Å²) in [5.41, 5.74) is 0. The summed E-state index contributed by atoms with van der Waals surface area (Å²) in [5, 5.41) is 0. The lowest BCUT2D eigenvalue weighted by Crippen LogP contribution is -2.08. The maximum Gasteiger partial charge on any atom is 0.397 e. The minimum absolute atomic E-state index is 0.0845. The Labute approximate surface area is 52.5 Å². The van der Waals surface area contributed by atoms with E-state index in [9.17, 15) is 8.42 Å². The Morgan fingerprint density at radius 2 is 2.33 bits per heavy atom. The molecule has 0 aromatic carbocycles. The third-order valence-corrected chi connectivity index (χ3v) is 1.24. The zero-order chi connectivity index (χ0) is 6.91. The molecule has 0 saturated carbocycles. The fourth-order valence-corrected chi connectivity index (χ4v) is 0.650. The standard InChI is InChI=1S/C3H6O5S/c4-9(5,6)8-2-3-1-7-3/h3H,1-2H2,(H,4,5,6). The minimum Gasteiger partial charge on any atom is -0.371 e. The normalized spacial score (nSPS) is 26.1. The van der Waals surface area contributed by atoms with E-state index in [1.54, 1.807) is 0 Å². The van der Waals surface area contributed by atoms with E-state index in [-0.39, 0.29) is 12.7 Å². The van der Waals surface area contributed by atoms with Crippen LogP contribution >= 0.6 is 0 Å². The molecule has 0 aromatic rings. The summed E-state index contributed by atoms with van der Waals surface area (Å²) in [6, 6.07) is 0. The number of ether oxygens (including phenoxy) is 1. The quantitative estimate of drug-likeness (QED) is 0.425. The Morgan fingerprint density at radius 3 is 2.67 bits per heavy atom. The molecule has 5 nitrogen and oxygen atoms in total. The molecule has 0 amide bonds. The van der Waals surface area contributed by atoms with Crippen LogP contribution < -0.4 is 0 Å². The van der Waals surface area contributed by atoms with Gasteiger partial charge in [-0.1, -0.05) is 0 Å². The predicted molar refractivity (Wildman–Crippen MR) is 27.2 cm³/mol. The largest absolute Gasteiger partial charge is 0.397 e. The molecule has 1 rings (SSSR count). The number of hydrogen-bond acceptors (Lipinski definition) is 4. The van der Waals surface area contributed by atoms with Crippen molar-refractivity contribution in [2.24, 2.45) is 0 Å². The van der Waals surface area contributed by atoms with Crippen molar-refractivity contribution in [1.82, 2.24) is 0 Å². The summed E-state index contributed by atoms with van der Waals surface area (Å²) in [6.07, 6.45) is -0.146. The Morgan fingerprint density at radius 1 is 1.78 bits per heavy atom. The maximum absolute atomic E-state index is 9.84. The van der Waals surface area contributed by atoms with Crippen molar-refractivity contribution in [2.75, 3.05) is 13.2 Å². The molecule has 1 heterocycles. The molecular formula is C3H6O5S. The SMILES string of the molecule is O=S(=O)(O)OCC1CO1. The highest BCUT2D eigenvalue weighted by molar-refractivity contribution is 7.80. The van der Waals surface area contributed by atoms with E-state index in [4.69, 9.17) is 4.55 Å². The molecular weight excluding hydrogens is 148 g/mol. The Balaban J connectivity index is 2.18. The molecule has 1 aliphatic heterocycles. The highest BCUT2D eigenvalue weighted by atomic mass is 32.3. The van der Waals surface area contributed by atoms with Crippen LogP contribution in [0.25, 0.3) is 0 Å². The van der Waals surface area contributed by atoms with Crippen molar-refractivity contribution >= 4 is 10.4 Å². The van der Waals surface area contributed by atoms with Crippen LogP contribution in [-0.4, -0.2) is 32.3 Å². The van der Waals surface area contributed by atoms with Gasteiger partial charge in [0.1, 0.15) is 6.10 Å². The van der Waals surface area contributed by atoms with Gasteiger partial charge in [-0.05, 0) is 0 Å². The van der Waals surface area contributed by atoms with Crippen LogP contribution in [0.2, 0.25) is 0 Å². The maximum atomic E-state index is 9.84. The van der Waals surface area contributed by atoms with E-state index < -0.39 is 10.4 Å². The van der Waals surface area contributed by atoms with Crippen molar-refractivity contribution in [3.05, 3.63) is 0 Å². The van der Waals surface area contributed by atoms with Gasteiger partial charge in [-0.25, -0.2) is 4.18 Å². The summed E-state index contributed by atoms with van der Waals surface area (Å²) < 4.78 is 36.2. The summed E-state index contributed by atoms with van der Waals surface area (Å²) in [4.78, 5) is 0. The van der Waals surface area contributed by atoms with Crippen molar-refractivity contribution in [1.29, 1.82) is 0 Å². The van der Waals surface area contributed by atoms with Crippen LogP contribution in [0.4, 0.5) is 0 Å². The van der Waals surface area contributed by atoms with Crippen molar-refractivity contribution in [3.63, 3.8) is 0 Å². The average Bonchev–Trinajstić information content (AvgIpc) is 2.38. The van der Waals surface area contributed by atoms with Gasteiger partial charge < -0.3 is 4.74 Å². The van der Waals surface area contributed by atoms with Gasteiger partial charge in [0.05, 0.1) is 13.2 Å². The second kappa shape index (κ2) is 2.22. The van der Waals surface area contributed by atoms with Gasteiger partial charge in [0, 0.05) is 0 Å². The summed E-state index contributed by atoms with van der Waals surface area (Å²) >= 11 is 0. The first-order chi connectivity index (χ1) is 4.08. The van der Waals surface area contributed by atoms with Crippen LogP contribution in [0.15, 0.2) is 0 Å². The Hall–Kier alpha value is -0.170. The third kappa shape index (κ3) is 3.41. The first-order valence-corrected chi connectivity index (χ1v) is 3.68. The van der Waals surface area contributed by atoms with E-state index in [1.165, 1.54) is 0 Å². The first-order valence-electron chi connectivity index (χ1n) is 2.31. The molecule has 1 unspecified atom stereocenters. The zero-order valence-electron chi connectivity index (χ0n) is 4.48. The lowest BCUT2D eigenvalue weighted by Gasteiger charge is -1.92. The summed E-state index contributed by atoms with van der Waals surface area (Å²) in [6.45, 7) is 0.425. The molecule has 0 bridgehead atoms. The highest BCUT2D eigenvalue weighted by Crippen LogP contribution is 2.09. The second-order valence-corrected chi connectivity index (χ2v) is 2.76. The molecule has 1 aliphatic rings. The van der Waals surface area contributed by atoms with Crippen LogP contribution in [0, 0.1) is 0 Å². The van der Waals surface area contributed by atoms with E-state index in [0.717, 1.165) is 0 Å². The Bertz CT molecular complexity index is 178. The molecule has 1 atom stereocenters. The van der Waals surface area contributed by atoms with E-state index in [2.05, 4.69) is 8.92 Å². The van der Waals surface area contributed by atoms with Gasteiger partial charge >= 0.3 is 10.4 Å². The fraction of sp³-hybridized carbons (Fsp3) is 1.00. The lowest BCUT2D eigenvalue weighted by molar-refractivity contribution is 0.236. The molecule has 9 heavy (non-hydrogen) atoms. The molecule has 1 saturated heterocycles. The van der Waals surface area contributed by atoms with Crippen LogP contribution in [0.5, 0.6) is 0 Å². The minimum atomic E-state index is -4.26. The number of rotatable bonds is 3. The van der Waals surface area contributed by atoms with Crippen molar-refractivity contribution in [2.45, 2.75) is 6.10 Å². The molecule has 0 aliphatic carbocycles. The monoisotopic (exact) mass is 154 g/mol. The van der Waals surface area contributed by atoms with Gasteiger partial charge in [-0.3, -0.25) is 4.55 Å². The molecule has 0 radical (unpaired) electrons. The van der Waals surface area contributed by atoms with Gasteiger partial charge in [-0.15, -0.1) is 0 Å². The topological polar surface area (TPSA) is 76.1 Å². The second-order valence-electron chi connectivity index (χ2n) is 1.67. The van der Waals surface area contributed by atoms with Crippen LogP contribution in [-0.2, 0) is 19.3 Å². The van der Waals surface area contributed by atoms with Gasteiger partial charge in [0.25, 0.3) is 0 Å². The molecule has 0 aromatic heterocycles. The van der Waals surface area contributed by atoms with Crippen LogP contribution in [0.3, 0.4) is 0 Å². The zero-order valence-corrected chi connectivity index (χ0v) is 5.30. The van der Waals surface area contributed by atoms with E-state index in [0.29, 0.717) is 6.61 Å². The van der Waals surface area contributed by atoms with Crippen molar-refractivity contribution in [3.8, 4) is 0 Å². The van der Waals surface area contributed by atoms with E-state index in [1.807, 2.05) is 0 Å².